The van der Waals surface area contributed by atoms with E-state index in [4.69, 9.17) is 4.74 Å². The number of ether oxygens (including phenoxy) is 1. The molecule has 0 atom stereocenters. The number of benzene rings is 1. The van der Waals surface area contributed by atoms with E-state index in [9.17, 15) is 4.79 Å². The third-order valence-corrected chi connectivity index (χ3v) is 3.70. The van der Waals surface area contributed by atoms with Gasteiger partial charge in [-0.3, -0.25) is 0 Å². The van der Waals surface area contributed by atoms with Crippen molar-refractivity contribution in [1.82, 2.24) is 4.57 Å². The summed E-state index contributed by atoms with van der Waals surface area (Å²) in [6.07, 6.45) is 4.07. The highest BCUT2D eigenvalue weighted by molar-refractivity contribution is 5.93. The normalized spacial score (nSPS) is 14.7. The van der Waals surface area contributed by atoms with E-state index < -0.39 is 0 Å². The summed E-state index contributed by atoms with van der Waals surface area (Å²) >= 11 is 0. The van der Waals surface area contributed by atoms with Crippen LogP contribution in [-0.4, -0.2) is 16.8 Å². The number of rotatable bonds is 1. The van der Waals surface area contributed by atoms with Crippen LogP contribution in [0.15, 0.2) is 24.3 Å². The molecule has 3 rings (SSSR count). The predicted molar refractivity (Wildman–Crippen MR) is 75.6 cm³/mol. The van der Waals surface area contributed by atoms with Crippen molar-refractivity contribution < 1.29 is 9.53 Å². The molecule has 1 aromatic carbocycles. The molecule has 0 saturated heterocycles. The monoisotopic (exact) mass is 257 g/mol. The van der Waals surface area contributed by atoms with Gasteiger partial charge in [0, 0.05) is 11.1 Å². The molecule has 1 aliphatic rings. The lowest BCUT2D eigenvalue weighted by Gasteiger charge is -2.16. The summed E-state index contributed by atoms with van der Waals surface area (Å²) in [6, 6.07) is 8.14. The molecule has 100 valence electrons. The molecule has 0 amide bonds. The van der Waals surface area contributed by atoms with Crippen molar-refractivity contribution in [3.05, 3.63) is 35.5 Å². The van der Waals surface area contributed by atoms with Crippen LogP contribution < -0.4 is 0 Å². The molecule has 0 saturated carbocycles. The molecule has 2 aromatic rings. The molecule has 0 N–H and O–H groups in total. The molecule has 1 heterocycles. The lowest BCUT2D eigenvalue weighted by molar-refractivity contribution is 0.117. The zero-order valence-electron chi connectivity index (χ0n) is 11.5. The highest BCUT2D eigenvalue weighted by Gasteiger charge is 2.24. The van der Waals surface area contributed by atoms with Gasteiger partial charge in [0.25, 0.3) is 0 Å². The molecule has 0 aliphatic heterocycles. The first-order valence-electron chi connectivity index (χ1n) is 7.00. The number of aryl methyl sites for hydroxylation is 1. The molecule has 3 heteroatoms. The van der Waals surface area contributed by atoms with Crippen LogP contribution in [0.25, 0.3) is 10.9 Å². The molecule has 0 spiro atoms. The zero-order valence-corrected chi connectivity index (χ0v) is 11.5. The van der Waals surface area contributed by atoms with Gasteiger partial charge >= 0.3 is 6.09 Å². The van der Waals surface area contributed by atoms with Crippen LogP contribution in [0.1, 0.15) is 37.9 Å². The third-order valence-electron chi connectivity index (χ3n) is 3.70. The van der Waals surface area contributed by atoms with E-state index in [-0.39, 0.29) is 12.2 Å². The number of hydrogen-bond donors (Lipinski definition) is 0. The second-order valence-corrected chi connectivity index (χ2v) is 5.42. The first kappa shape index (κ1) is 12.3. The average molecular weight is 257 g/mol. The molecule has 0 radical (unpaired) electrons. The SMILES string of the molecule is CC(C)OC(=O)n1c2c(c3ccccc31)CCCC2. The third kappa shape index (κ3) is 2.03. The van der Waals surface area contributed by atoms with Crippen molar-refractivity contribution in [2.75, 3.05) is 0 Å². The van der Waals surface area contributed by atoms with Gasteiger partial charge in [-0.25, -0.2) is 9.36 Å². The zero-order chi connectivity index (χ0) is 13.4. The van der Waals surface area contributed by atoms with E-state index >= 15 is 0 Å². The van der Waals surface area contributed by atoms with Gasteiger partial charge in [0.1, 0.15) is 0 Å². The van der Waals surface area contributed by atoms with Crippen molar-refractivity contribution in [2.24, 2.45) is 0 Å². The second kappa shape index (κ2) is 4.72. The lowest BCUT2D eigenvalue weighted by Crippen LogP contribution is -2.21. The summed E-state index contributed by atoms with van der Waals surface area (Å²) in [5.74, 6) is 0. The second-order valence-electron chi connectivity index (χ2n) is 5.42. The summed E-state index contributed by atoms with van der Waals surface area (Å²) in [4.78, 5) is 12.3. The quantitative estimate of drug-likeness (QED) is 0.775. The Morgan fingerprint density at radius 3 is 2.74 bits per heavy atom. The minimum atomic E-state index is -0.241. The van der Waals surface area contributed by atoms with Crippen molar-refractivity contribution in [2.45, 2.75) is 45.6 Å². The summed E-state index contributed by atoms with van der Waals surface area (Å²) in [5, 5.41) is 1.21. The van der Waals surface area contributed by atoms with E-state index in [1.165, 1.54) is 17.4 Å². The number of carbonyl (C=O) groups is 1. The maximum Gasteiger partial charge on any atom is 0.418 e. The lowest BCUT2D eigenvalue weighted by atomic mass is 9.96. The Morgan fingerprint density at radius 2 is 1.95 bits per heavy atom. The van der Waals surface area contributed by atoms with Gasteiger partial charge < -0.3 is 4.74 Å². The summed E-state index contributed by atoms with van der Waals surface area (Å²) in [7, 11) is 0. The molecule has 1 aromatic heterocycles. The first-order chi connectivity index (χ1) is 9.18. The largest absolute Gasteiger partial charge is 0.446 e. The van der Waals surface area contributed by atoms with Gasteiger partial charge in [-0.15, -0.1) is 0 Å². The van der Waals surface area contributed by atoms with Crippen molar-refractivity contribution in [3.63, 3.8) is 0 Å². The fourth-order valence-electron chi connectivity index (χ4n) is 2.96. The fourth-order valence-corrected chi connectivity index (χ4v) is 2.96. The Labute approximate surface area is 113 Å². The minimum Gasteiger partial charge on any atom is -0.446 e. The Balaban J connectivity index is 2.19. The first-order valence-corrected chi connectivity index (χ1v) is 7.00. The standard InChI is InChI=1S/C16H19NO2/c1-11(2)19-16(18)17-14-9-5-3-7-12(14)13-8-4-6-10-15(13)17/h3,5,7,9,11H,4,6,8,10H2,1-2H3. The molecule has 1 aliphatic carbocycles. The molecular weight excluding hydrogens is 238 g/mol. The molecule has 3 nitrogen and oxygen atoms in total. The topological polar surface area (TPSA) is 31.2 Å². The van der Waals surface area contributed by atoms with Crippen LogP contribution in [0, 0.1) is 0 Å². The van der Waals surface area contributed by atoms with Crippen LogP contribution in [0.3, 0.4) is 0 Å². The number of aromatic nitrogens is 1. The van der Waals surface area contributed by atoms with E-state index in [0.717, 1.165) is 30.5 Å². The van der Waals surface area contributed by atoms with Gasteiger partial charge in [-0.1, -0.05) is 18.2 Å². The number of fused-ring (bicyclic) bond motifs is 3. The number of hydrogen-bond acceptors (Lipinski definition) is 2. The summed E-state index contributed by atoms with van der Waals surface area (Å²) in [6.45, 7) is 3.77. The van der Waals surface area contributed by atoms with Crippen molar-refractivity contribution >= 4 is 17.0 Å². The smallest absolute Gasteiger partial charge is 0.418 e. The van der Waals surface area contributed by atoms with Gasteiger partial charge in [0.2, 0.25) is 0 Å². The molecule has 0 fully saturated rings. The van der Waals surface area contributed by atoms with Crippen LogP contribution in [0.2, 0.25) is 0 Å². The minimum absolute atomic E-state index is 0.0899. The average Bonchev–Trinajstić information content (AvgIpc) is 2.72. The Bertz CT molecular complexity index is 625. The fraction of sp³-hybridized carbons (Fsp3) is 0.438. The van der Waals surface area contributed by atoms with E-state index in [2.05, 4.69) is 6.07 Å². The van der Waals surface area contributed by atoms with Crippen molar-refractivity contribution in [3.8, 4) is 0 Å². The van der Waals surface area contributed by atoms with E-state index in [0.29, 0.717) is 0 Å². The van der Waals surface area contributed by atoms with Crippen molar-refractivity contribution in [1.29, 1.82) is 0 Å². The van der Waals surface area contributed by atoms with E-state index in [1.54, 1.807) is 4.57 Å². The Morgan fingerprint density at radius 1 is 1.21 bits per heavy atom. The summed E-state index contributed by atoms with van der Waals surface area (Å²) < 4.78 is 7.17. The van der Waals surface area contributed by atoms with Gasteiger partial charge in [-0.05, 0) is 51.2 Å². The van der Waals surface area contributed by atoms with Crippen LogP contribution >= 0.6 is 0 Å². The molecule has 19 heavy (non-hydrogen) atoms. The number of carbonyl (C=O) groups excluding carboxylic acids is 1. The maximum atomic E-state index is 12.3. The molecule has 0 bridgehead atoms. The Kier molecular flexibility index (Phi) is 3.05. The number of nitrogens with zero attached hydrogens (tertiary/aromatic N) is 1. The van der Waals surface area contributed by atoms with E-state index in [1.807, 2.05) is 32.0 Å². The Hall–Kier alpha value is -1.77. The highest BCUT2D eigenvalue weighted by atomic mass is 16.6. The van der Waals surface area contributed by atoms with Gasteiger partial charge in [-0.2, -0.15) is 0 Å². The van der Waals surface area contributed by atoms with Gasteiger partial charge in [0.05, 0.1) is 11.6 Å². The highest BCUT2D eigenvalue weighted by Crippen LogP contribution is 2.32. The van der Waals surface area contributed by atoms with Crippen LogP contribution in [0.5, 0.6) is 0 Å². The molecule has 0 unspecified atom stereocenters. The number of para-hydroxylation sites is 1. The molecular formula is C16H19NO2. The predicted octanol–water partition coefficient (Wildman–Crippen LogP) is 3.91. The maximum absolute atomic E-state index is 12.3. The van der Waals surface area contributed by atoms with Crippen LogP contribution in [-0.2, 0) is 17.6 Å². The summed E-state index contributed by atoms with van der Waals surface area (Å²) in [5.41, 5.74) is 3.47. The van der Waals surface area contributed by atoms with Gasteiger partial charge in [0.15, 0.2) is 0 Å². The van der Waals surface area contributed by atoms with Crippen LogP contribution in [0.4, 0.5) is 4.79 Å².